The van der Waals surface area contributed by atoms with Crippen molar-refractivity contribution in [2.75, 3.05) is 5.73 Å². The molecule has 2 N–H and O–H groups in total. The van der Waals surface area contributed by atoms with E-state index in [1.165, 1.54) is 0 Å². The van der Waals surface area contributed by atoms with Crippen molar-refractivity contribution in [1.29, 1.82) is 0 Å². The summed E-state index contributed by atoms with van der Waals surface area (Å²) in [6, 6.07) is 4.03. The molecule has 3 rings (SSSR count). The van der Waals surface area contributed by atoms with Crippen molar-refractivity contribution in [3.63, 3.8) is 0 Å². The number of hydrogen-bond donors (Lipinski definition) is 1. The number of thiophene rings is 1. The van der Waals surface area contributed by atoms with Gasteiger partial charge in [-0.15, -0.1) is 11.3 Å². The van der Waals surface area contributed by atoms with E-state index in [1.807, 2.05) is 35.2 Å². The lowest BCUT2D eigenvalue weighted by Gasteiger charge is -1.99. The molecule has 0 aliphatic rings. The fourth-order valence-corrected chi connectivity index (χ4v) is 2.42. The molecule has 0 aromatic carbocycles. The Labute approximate surface area is 107 Å². The van der Waals surface area contributed by atoms with E-state index in [4.69, 9.17) is 5.73 Å². The van der Waals surface area contributed by atoms with Crippen LogP contribution < -0.4 is 5.73 Å². The molecule has 0 radical (unpaired) electrons. The first-order valence-electron chi connectivity index (χ1n) is 5.49. The average Bonchev–Trinajstić information content (AvgIpc) is 3.07. The summed E-state index contributed by atoms with van der Waals surface area (Å²) in [5, 5.41) is 9.40. The maximum atomic E-state index is 5.71. The number of rotatable bonds is 3. The monoisotopic (exact) mass is 261 g/mol. The summed E-state index contributed by atoms with van der Waals surface area (Å²) < 4.78 is 6.60. The molecule has 0 saturated carbocycles. The molecule has 0 unspecified atom stereocenters. The maximum Gasteiger partial charge on any atom is 0.199 e. The van der Waals surface area contributed by atoms with Gasteiger partial charge < -0.3 is 10.3 Å². The second-order valence-electron chi connectivity index (χ2n) is 3.71. The zero-order valence-corrected chi connectivity index (χ0v) is 10.5. The summed E-state index contributed by atoms with van der Waals surface area (Å²) in [4.78, 5) is 5.67. The largest absolute Gasteiger partial charge is 0.379 e. The highest BCUT2D eigenvalue weighted by atomic mass is 32.1. The first kappa shape index (κ1) is 11.0. The Bertz CT molecular complexity index is 655. The fourth-order valence-electron chi connectivity index (χ4n) is 1.74. The number of nitrogens with zero attached hydrogens (tertiary/aromatic N) is 4. The van der Waals surface area contributed by atoms with E-state index in [-0.39, 0.29) is 5.82 Å². The molecule has 18 heavy (non-hydrogen) atoms. The molecule has 0 spiro atoms. The Kier molecular flexibility index (Phi) is 2.60. The summed E-state index contributed by atoms with van der Waals surface area (Å²) in [5.41, 5.74) is 7.10. The molecule has 0 fully saturated rings. The van der Waals surface area contributed by atoms with E-state index in [1.54, 1.807) is 11.3 Å². The zero-order valence-electron chi connectivity index (χ0n) is 9.70. The van der Waals surface area contributed by atoms with Gasteiger partial charge in [-0.25, -0.2) is 9.61 Å². The minimum Gasteiger partial charge on any atom is -0.379 e. The number of nitrogen functional groups attached to an aromatic ring is 1. The Morgan fingerprint density at radius 3 is 2.94 bits per heavy atom. The lowest BCUT2D eigenvalue weighted by Crippen LogP contribution is -1.98. The standard InChI is InChI=1S/C11H11N5OS/c1-2-16-6-7(8-4-3-5-18-8)13-11(16)9-10(12)15-17-14-9/h3-6H,2H2,1H3,(H2,12,15). The smallest absolute Gasteiger partial charge is 0.199 e. The summed E-state index contributed by atoms with van der Waals surface area (Å²) >= 11 is 1.64. The van der Waals surface area contributed by atoms with Gasteiger partial charge in [-0.05, 0) is 28.7 Å². The minimum atomic E-state index is 0.257. The van der Waals surface area contributed by atoms with Crippen molar-refractivity contribution < 1.29 is 4.63 Å². The van der Waals surface area contributed by atoms with Gasteiger partial charge in [0.15, 0.2) is 17.3 Å². The highest BCUT2D eigenvalue weighted by molar-refractivity contribution is 7.13. The molecule has 0 saturated heterocycles. The molecule has 3 heterocycles. The molecule has 92 valence electrons. The molecule has 6 nitrogen and oxygen atoms in total. The van der Waals surface area contributed by atoms with E-state index in [9.17, 15) is 0 Å². The van der Waals surface area contributed by atoms with Crippen molar-refractivity contribution in [2.24, 2.45) is 0 Å². The van der Waals surface area contributed by atoms with Gasteiger partial charge in [0, 0.05) is 12.7 Å². The predicted molar refractivity (Wildman–Crippen MR) is 68.9 cm³/mol. The molecular formula is C11H11N5OS. The van der Waals surface area contributed by atoms with Crippen LogP contribution in [0.5, 0.6) is 0 Å². The molecular weight excluding hydrogens is 250 g/mol. The highest BCUT2D eigenvalue weighted by Gasteiger charge is 2.17. The van der Waals surface area contributed by atoms with Crippen LogP contribution in [0.15, 0.2) is 28.3 Å². The van der Waals surface area contributed by atoms with Crippen LogP contribution in [-0.4, -0.2) is 19.9 Å². The van der Waals surface area contributed by atoms with Crippen LogP contribution in [-0.2, 0) is 6.54 Å². The first-order chi connectivity index (χ1) is 8.79. The first-order valence-corrected chi connectivity index (χ1v) is 6.37. The van der Waals surface area contributed by atoms with E-state index in [0.717, 1.165) is 17.1 Å². The number of aryl methyl sites for hydroxylation is 1. The van der Waals surface area contributed by atoms with Crippen molar-refractivity contribution in [1.82, 2.24) is 19.9 Å². The Hall–Kier alpha value is -2.15. The highest BCUT2D eigenvalue weighted by Crippen LogP contribution is 2.28. The SMILES string of the molecule is CCn1cc(-c2cccs2)nc1-c1nonc1N. The Morgan fingerprint density at radius 1 is 1.44 bits per heavy atom. The van der Waals surface area contributed by atoms with Gasteiger partial charge in [-0.2, -0.15) is 0 Å². The van der Waals surface area contributed by atoms with Crippen molar-refractivity contribution in [3.05, 3.63) is 23.7 Å². The predicted octanol–water partition coefficient (Wildman–Crippen LogP) is 2.26. The lowest BCUT2D eigenvalue weighted by atomic mass is 10.4. The summed E-state index contributed by atoms with van der Waals surface area (Å²) in [6.07, 6.45) is 1.98. The molecule has 3 aromatic rings. The molecule has 0 bridgehead atoms. The third-order valence-corrected chi connectivity index (χ3v) is 3.51. The summed E-state index contributed by atoms with van der Waals surface area (Å²) in [6.45, 7) is 2.81. The second-order valence-corrected chi connectivity index (χ2v) is 4.66. The van der Waals surface area contributed by atoms with Gasteiger partial charge in [-0.1, -0.05) is 6.07 Å². The normalized spacial score (nSPS) is 10.9. The molecule has 0 aliphatic heterocycles. The van der Waals surface area contributed by atoms with Gasteiger partial charge in [0.2, 0.25) is 0 Å². The van der Waals surface area contributed by atoms with Gasteiger partial charge in [-0.3, -0.25) is 0 Å². The van der Waals surface area contributed by atoms with E-state index in [2.05, 4.69) is 19.9 Å². The van der Waals surface area contributed by atoms with Gasteiger partial charge >= 0.3 is 0 Å². The number of aromatic nitrogens is 4. The number of anilines is 1. The number of nitrogens with two attached hydrogens (primary N) is 1. The molecule has 0 amide bonds. The van der Waals surface area contributed by atoms with Gasteiger partial charge in [0.25, 0.3) is 0 Å². The molecule has 0 atom stereocenters. The number of hydrogen-bond acceptors (Lipinski definition) is 6. The maximum absolute atomic E-state index is 5.71. The Morgan fingerprint density at radius 2 is 2.33 bits per heavy atom. The van der Waals surface area contributed by atoms with Crippen molar-refractivity contribution >= 4 is 17.2 Å². The quantitative estimate of drug-likeness (QED) is 0.782. The zero-order chi connectivity index (χ0) is 12.5. The molecule has 0 aliphatic carbocycles. The lowest BCUT2D eigenvalue weighted by molar-refractivity contribution is 0.310. The van der Waals surface area contributed by atoms with Crippen molar-refractivity contribution in [2.45, 2.75) is 13.5 Å². The summed E-state index contributed by atoms with van der Waals surface area (Å²) in [7, 11) is 0. The molecule has 3 aromatic heterocycles. The number of imidazole rings is 1. The van der Waals surface area contributed by atoms with Gasteiger partial charge in [0.05, 0.1) is 10.6 Å². The second kappa shape index (κ2) is 4.26. The van der Waals surface area contributed by atoms with Gasteiger partial charge in [0.1, 0.15) is 0 Å². The Balaban J connectivity index is 2.13. The van der Waals surface area contributed by atoms with Crippen LogP contribution in [0.1, 0.15) is 6.92 Å². The van der Waals surface area contributed by atoms with Crippen LogP contribution in [0.4, 0.5) is 5.82 Å². The topological polar surface area (TPSA) is 82.8 Å². The fraction of sp³-hybridized carbons (Fsp3) is 0.182. The average molecular weight is 261 g/mol. The van der Waals surface area contributed by atoms with E-state index in [0.29, 0.717) is 11.5 Å². The third-order valence-electron chi connectivity index (χ3n) is 2.62. The van der Waals surface area contributed by atoms with Crippen LogP contribution >= 0.6 is 11.3 Å². The van der Waals surface area contributed by atoms with Crippen LogP contribution in [0, 0.1) is 0 Å². The third kappa shape index (κ3) is 1.68. The van der Waals surface area contributed by atoms with Crippen LogP contribution in [0.25, 0.3) is 22.1 Å². The van der Waals surface area contributed by atoms with Crippen LogP contribution in [0.3, 0.4) is 0 Å². The van der Waals surface area contributed by atoms with E-state index >= 15 is 0 Å². The molecule has 7 heteroatoms. The van der Waals surface area contributed by atoms with E-state index < -0.39 is 0 Å². The van der Waals surface area contributed by atoms with Crippen LogP contribution in [0.2, 0.25) is 0 Å². The minimum absolute atomic E-state index is 0.257. The summed E-state index contributed by atoms with van der Waals surface area (Å²) in [5.74, 6) is 0.938. The van der Waals surface area contributed by atoms with Crippen molar-refractivity contribution in [3.8, 4) is 22.1 Å².